The van der Waals surface area contributed by atoms with E-state index in [-0.39, 0.29) is 11.6 Å². The lowest BCUT2D eigenvalue weighted by atomic mass is 10.1. The number of hydrazone groups is 1. The van der Waals surface area contributed by atoms with Gasteiger partial charge in [0.1, 0.15) is 11.5 Å². The summed E-state index contributed by atoms with van der Waals surface area (Å²) in [5.41, 5.74) is 2.68. The van der Waals surface area contributed by atoms with Gasteiger partial charge in [-0.2, -0.15) is 5.10 Å². The highest BCUT2D eigenvalue weighted by molar-refractivity contribution is 6.40. The molecule has 1 fully saturated rings. The number of aryl methyl sites for hydroxylation is 1. The van der Waals surface area contributed by atoms with Crippen LogP contribution in [0.3, 0.4) is 0 Å². The second kappa shape index (κ2) is 8.96. The van der Waals surface area contributed by atoms with Crippen molar-refractivity contribution in [3.8, 4) is 0 Å². The predicted molar refractivity (Wildman–Crippen MR) is 101 cm³/mol. The first kappa shape index (κ1) is 19.3. The van der Waals surface area contributed by atoms with Gasteiger partial charge >= 0.3 is 11.8 Å². The van der Waals surface area contributed by atoms with E-state index in [9.17, 15) is 14.4 Å². The second-order valence-corrected chi connectivity index (χ2v) is 6.05. The summed E-state index contributed by atoms with van der Waals surface area (Å²) in [4.78, 5) is 38.4. The fourth-order valence-electron chi connectivity index (χ4n) is 2.62. The first-order valence-corrected chi connectivity index (χ1v) is 8.71. The Morgan fingerprint density at radius 3 is 2.54 bits per heavy atom. The number of carbonyl (C=O) groups is 3. The van der Waals surface area contributed by atoms with Crippen LogP contribution < -0.4 is 10.7 Å². The molecule has 9 heteroatoms. The zero-order valence-electron chi connectivity index (χ0n) is 15.3. The van der Waals surface area contributed by atoms with Crippen molar-refractivity contribution in [2.75, 3.05) is 31.6 Å². The number of para-hydroxylation sites is 1. The topological polar surface area (TPSA) is 113 Å². The van der Waals surface area contributed by atoms with Crippen LogP contribution >= 0.6 is 0 Å². The van der Waals surface area contributed by atoms with Gasteiger partial charge in [-0.05, 0) is 31.2 Å². The van der Waals surface area contributed by atoms with E-state index in [2.05, 4.69) is 15.8 Å². The molecule has 1 aliphatic heterocycles. The maximum Gasteiger partial charge on any atom is 0.329 e. The lowest BCUT2D eigenvalue weighted by Gasteiger charge is -2.27. The zero-order valence-corrected chi connectivity index (χ0v) is 15.3. The molecule has 146 valence electrons. The summed E-state index contributed by atoms with van der Waals surface area (Å²) in [6.45, 7) is 3.66. The van der Waals surface area contributed by atoms with Gasteiger partial charge < -0.3 is 19.4 Å². The first-order valence-electron chi connectivity index (χ1n) is 8.71. The number of benzene rings is 1. The van der Waals surface area contributed by atoms with Gasteiger partial charge in [0, 0.05) is 13.1 Å². The Morgan fingerprint density at radius 1 is 1.07 bits per heavy atom. The molecule has 3 rings (SSSR count). The molecule has 1 aromatic heterocycles. The van der Waals surface area contributed by atoms with Gasteiger partial charge in [0.25, 0.3) is 5.91 Å². The number of ether oxygens (including phenoxy) is 1. The van der Waals surface area contributed by atoms with Crippen molar-refractivity contribution in [2.24, 2.45) is 5.10 Å². The molecule has 1 aromatic carbocycles. The summed E-state index contributed by atoms with van der Waals surface area (Å²) in [5, 5.41) is 6.14. The maximum atomic E-state index is 12.7. The van der Waals surface area contributed by atoms with Gasteiger partial charge in [0.05, 0.1) is 30.7 Å². The number of carbonyl (C=O) groups excluding carboxylic acids is 3. The van der Waals surface area contributed by atoms with E-state index in [0.29, 0.717) is 43.4 Å². The molecule has 0 saturated carbocycles. The standard InChI is InChI=1S/C19H20N4O5/c1-13-6-7-14(28-13)12-20-22-18(25)17(24)21-16-5-3-2-4-15(16)19(26)23-8-10-27-11-9-23/h2-7,12H,8-11H2,1H3,(H,21,24)(H,22,25). The third kappa shape index (κ3) is 4.83. The number of amides is 3. The molecule has 1 aliphatic rings. The van der Waals surface area contributed by atoms with Gasteiger partial charge in [-0.15, -0.1) is 0 Å². The maximum absolute atomic E-state index is 12.7. The summed E-state index contributed by atoms with van der Waals surface area (Å²) in [5.74, 6) is -0.985. The Labute approximate surface area is 161 Å². The average Bonchev–Trinajstić information content (AvgIpc) is 3.13. The average molecular weight is 384 g/mol. The van der Waals surface area contributed by atoms with Crippen LogP contribution in [0.25, 0.3) is 0 Å². The molecule has 2 aromatic rings. The minimum atomic E-state index is -0.965. The fourth-order valence-corrected chi connectivity index (χ4v) is 2.62. The molecule has 2 heterocycles. The molecule has 3 amide bonds. The number of morpholine rings is 1. The molecule has 2 N–H and O–H groups in total. The number of hydrogen-bond acceptors (Lipinski definition) is 6. The molecule has 1 saturated heterocycles. The Kier molecular flexibility index (Phi) is 6.18. The summed E-state index contributed by atoms with van der Waals surface area (Å²) in [6, 6.07) is 9.95. The lowest BCUT2D eigenvalue weighted by Crippen LogP contribution is -2.41. The first-order chi connectivity index (χ1) is 13.5. The van der Waals surface area contributed by atoms with Crippen LogP contribution in [0.5, 0.6) is 0 Å². The summed E-state index contributed by atoms with van der Waals surface area (Å²) < 4.78 is 10.5. The van der Waals surface area contributed by atoms with E-state index < -0.39 is 11.8 Å². The summed E-state index contributed by atoms with van der Waals surface area (Å²) in [6.07, 6.45) is 1.29. The SMILES string of the molecule is Cc1ccc(C=NNC(=O)C(=O)Nc2ccccc2C(=O)N2CCOCC2)o1. The van der Waals surface area contributed by atoms with E-state index in [1.54, 1.807) is 48.2 Å². The van der Waals surface area contributed by atoms with E-state index in [4.69, 9.17) is 9.15 Å². The largest absolute Gasteiger partial charge is 0.460 e. The van der Waals surface area contributed by atoms with E-state index in [1.807, 2.05) is 0 Å². The van der Waals surface area contributed by atoms with Gasteiger partial charge in [-0.25, -0.2) is 5.43 Å². The van der Waals surface area contributed by atoms with E-state index >= 15 is 0 Å². The number of hydrogen-bond donors (Lipinski definition) is 2. The third-order valence-corrected chi connectivity index (χ3v) is 4.03. The van der Waals surface area contributed by atoms with Crippen LogP contribution in [-0.4, -0.2) is 55.1 Å². The molecule has 0 spiro atoms. The molecule has 0 atom stereocenters. The number of anilines is 1. The van der Waals surface area contributed by atoms with Gasteiger partial charge in [-0.1, -0.05) is 12.1 Å². The summed E-state index contributed by atoms with van der Waals surface area (Å²) in [7, 11) is 0. The highest BCUT2D eigenvalue weighted by atomic mass is 16.5. The highest BCUT2D eigenvalue weighted by Crippen LogP contribution is 2.18. The Morgan fingerprint density at radius 2 is 1.82 bits per heavy atom. The third-order valence-electron chi connectivity index (χ3n) is 4.03. The van der Waals surface area contributed by atoms with Crippen molar-refractivity contribution in [2.45, 2.75) is 6.92 Å². The lowest BCUT2D eigenvalue weighted by molar-refractivity contribution is -0.136. The molecule has 0 bridgehead atoms. The second-order valence-electron chi connectivity index (χ2n) is 6.05. The van der Waals surface area contributed by atoms with Crippen LogP contribution in [0.15, 0.2) is 45.9 Å². The quantitative estimate of drug-likeness (QED) is 0.466. The van der Waals surface area contributed by atoms with Crippen LogP contribution in [0.2, 0.25) is 0 Å². The number of rotatable bonds is 4. The Balaban J connectivity index is 1.62. The molecule has 0 unspecified atom stereocenters. The normalized spacial score (nSPS) is 14.1. The molecular weight excluding hydrogens is 364 g/mol. The van der Waals surface area contributed by atoms with Crippen LogP contribution in [0.4, 0.5) is 5.69 Å². The summed E-state index contributed by atoms with van der Waals surface area (Å²) >= 11 is 0. The van der Waals surface area contributed by atoms with Crippen molar-refractivity contribution in [3.63, 3.8) is 0 Å². The number of nitrogens with one attached hydrogen (secondary N) is 2. The van der Waals surface area contributed by atoms with Crippen LogP contribution in [0, 0.1) is 6.92 Å². The minimum Gasteiger partial charge on any atom is -0.460 e. The molecule has 0 radical (unpaired) electrons. The number of nitrogens with zero attached hydrogens (tertiary/aromatic N) is 2. The van der Waals surface area contributed by atoms with Crippen LogP contribution in [-0.2, 0) is 14.3 Å². The van der Waals surface area contributed by atoms with Crippen molar-refractivity contribution in [1.82, 2.24) is 10.3 Å². The monoisotopic (exact) mass is 384 g/mol. The van der Waals surface area contributed by atoms with Crippen molar-refractivity contribution in [1.29, 1.82) is 0 Å². The smallest absolute Gasteiger partial charge is 0.329 e. The van der Waals surface area contributed by atoms with Gasteiger partial charge in [0.15, 0.2) is 0 Å². The predicted octanol–water partition coefficient (Wildman–Crippen LogP) is 1.15. The number of furan rings is 1. The Hall–Kier alpha value is -3.46. The molecule has 0 aliphatic carbocycles. The van der Waals surface area contributed by atoms with Gasteiger partial charge in [-0.3, -0.25) is 14.4 Å². The minimum absolute atomic E-state index is 0.231. The van der Waals surface area contributed by atoms with E-state index in [1.165, 1.54) is 6.21 Å². The van der Waals surface area contributed by atoms with Crippen molar-refractivity contribution < 1.29 is 23.5 Å². The van der Waals surface area contributed by atoms with Crippen molar-refractivity contribution in [3.05, 3.63) is 53.5 Å². The molecular formula is C19H20N4O5. The van der Waals surface area contributed by atoms with Crippen molar-refractivity contribution >= 4 is 29.6 Å². The van der Waals surface area contributed by atoms with Crippen LogP contribution in [0.1, 0.15) is 21.9 Å². The van der Waals surface area contributed by atoms with Gasteiger partial charge in [0.2, 0.25) is 0 Å². The Bertz CT molecular complexity index is 899. The molecule has 9 nitrogen and oxygen atoms in total. The fraction of sp³-hybridized carbons (Fsp3) is 0.263. The molecule has 28 heavy (non-hydrogen) atoms. The highest BCUT2D eigenvalue weighted by Gasteiger charge is 2.22. The zero-order chi connectivity index (χ0) is 19.9. The van der Waals surface area contributed by atoms with E-state index in [0.717, 1.165) is 0 Å².